The molecule has 0 aliphatic carbocycles. The molecule has 3 aromatic rings. The van der Waals surface area contributed by atoms with Crippen molar-refractivity contribution in [2.75, 3.05) is 18.0 Å². The molecule has 8 nitrogen and oxygen atoms in total. The number of ether oxygens (including phenoxy) is 1. The van der Waals surface area contributed by atoms with Crippen LogP contribution in [0.15, 0.2) is 28.1 Å². The van der Waals surface area contributed by atoms with E-state index >= 15 is 0 Å². The Morgan fingerprint density at radius 2 is 1.94 bits per heavy atom. The first kappa shape index (κ1) is 21.2. The number of oxazole rings is 1. The zero-order valence-corrected chi connectivity index (χ0v) is 19.8. The molecule has 6 rings (SSSR count). The molecule has 2 aromatic heterocycles. The fourth-order valence-corrected chi connectivity index (χ4v) is 5.19. The van der Waals surface area contributed by atoms with Crippen LogP contribution in [0.4, 0.5) is 10.8 Å². The van der Waals surface area contributed by atoms with Crippen molar-refractivity contribution in [1.82, 2.24) is 14.9 Å². The second kappa shape index (κ2) is 7.18. The van der Waals surface area contributed by atoms with Gasteiger partial charge in [0.15, 0.2) is 5.58 Å². The summed E-state index contributed by atoms with van der Waals surface area (Å²) in [5, 5.41) is 13.5. The number of piperazine rings is 1. The van der Waals surface area contributed by atoms with Crippen LogP contribution in [0, 0.1) is 0 Å². The lowest BCUT2D eigenvalue weighted by Crippen LogP contribution is -2.70. The molecule has 3 fully saturated rings. The normalized spacial score (nSPS) is 21.1. The first-order valence-corrected chi connectivity index (χ1v) is 11.7. The zero-order valence-electron chi connectivity index (χ0n) is 19.0. The van der Waals surface area contributed by atoms with Crippen molar-refractivity contribution < 1.29 is 19.1 Å². The van der Waals surface area contributed by atoms with Gasteiger partial charge in [-0.2, -0.15) is 4.98 Å². The van der Waals surface area contributed by atoms with E-state index in [1.165, 1.54) is 11.3 Å². The fraction of sp³-hybridized carbons (Fsp3) is 0.522. The van der Waals surface area contributed by atoms with Gasteiger partial charge in [0.1, 0.15) is 16.1 Å². The molecule has 32 heavy (non-hydrogen) atoms. The predicted octanol–water partition coefficient (Wildman–Crippen LogP) is 4.38. The van der Waals surface area contributed by atoms with Crippen LogP contribution in [0.3, 0.4) is 0 Å². The van der Waals surface area contributed by atoms with Crippen molar-refractivity contribution in [3.8, 4) is 10.6 Å². The first-order chi connectivity index (χ1) is 15.0. The number of amides is 1. The van der Waals surface area contributed by atoms with Crippen LogP contribution in [-0.4, -0.2) is 56.8 Å². The van der Waals surface area contributed by atoms with Crippen molar-refractivity contribution in [1.29, 1.82) is 0 Å². The van der Waals surface area contributed by atoms with Crippen LogP contribution in [-0.2, 0) is 10.3 Å². The number of hydrogen-bond donors (Lipinski definition) is 1. The molecule has 1 N–H and O–H groups in total. The van der Waals surface area contributed by atoms with Crippen LogP contribution in [0.2, 0.25) is 0 Å². The Hall–Kier alpha value is -2.65. The maximum absolute atomic E-state index is 12.6. The molecule has 1 amide bonds. The largest absolute Gasteiger partial charge is 0.444 e. The molecule has 9 heteroatoms. The molecule has 1 aromatic carbocycles. The van der Waals surface area contributed by atoms with Gasteiger partial charge in [-0.1, -0.05) is 6.07 Å². The third kappa shape index (κ3) is 3.63. The third-order valence-electron chi connectivity index (χ3n) is 5.92. The van der Waals surface area contributed by atoms with E-state index in [1.807, 2.05) is 43.2 Å². The summed E-state index contributed by atoms with van der Waals surface area (Å²) in [6.07, 6.45) is 2.46. The lowest BCUT2D eigenvalue weighted by Gasteiger charge is -2.55. The summed E-state index contributed by atoms with van der Waals surface area (Å²) in [5.41, 5.74) is 1.26. The second-order valence-corrected chi connectivity index (χ2v) is 11.0. The molecule has 3 saturated heterocycles. The minimum Gasteiger partial charge on any atom is -0.444 e. The topological polar surface area (TPSA) is 91.9 Å². The SMILES string of the molecule is CC(C)(C)OC(=O)N1C2CC1CN(c1nc3c(C(C)(C)O)ccc(-c4nccs4)c3o1)C2. The molecule has 3 aliphatic rings. The number of thiazole rings is 1. The summed E-state index contributed by atoms with van der Waals surface area (Å²) < 4.78 is 11.9. The van der Waals surface area contributed by atoms with E-state index in [0.29, 0.717) is 35.8 Å². The monoisotopic (exact) mass is 456 g/mol. The third-order valence-corrected chi connectivity index (χ3v) is 6.73. The summed E-state index contributed by atoms with van der Waals surface area (Å²) in [5.74, 6) is 0. The minimum atomic E-state index is -1.06. The van der Waals surface area contributed by atoms with Gasteiger partial charge in [-0.3, -0.25) is 4.90 Å². The molecule has 3 aliphatic heterocycles. The van der Waals surface area contributed by atoms with E-state index in [1.54, 1.807) is 20.0 Å². The van der Waals surface area contributed by atoms with Gasteiger partial charge >= 0.3 is 6.09 Å². The van der Waals surface area contributed by atoms with E-state index in [9.17, 15) is 9.90 Å². The summed E-state index contributed by atoms with van der Waals surface area (Å²) in [7, 11) is 0. The Balaban J connectivity index is 1.46. The predicted molar refractivity (Wildman–Crippen MR) is 123 cm³/mol. The Morgan fingerprint density at radius 3 is 2.53 bits per heavy atom. The number of rotatable bonds is 3. The minimum absolute atomic E-state index is 0.0748. The first-order valence-electron chi connectivity index (χ1n) is 10.8. The molecular weight excluding hydrogens is 428 g/mol. The molecule has 2 bridgehead atoms. The Morgan fingerprint density at radius 1 is 1.22 bits per heavy atom. The lowest BCUT2D eigenvalue weighted by molar-refractivity contribution is -0.0386. The van der Waals surface area contributed by atoms with Crippen molar-refractivity contribution >= 4 is 34.5 Å². The van der Waals surface area contributed by atoms with Gasteiger partial charge in [0, 0.05) is 30.2 Å². The number of hydrogen-bond acceptors (Lipinski definition) is 8. The quantitative estimate of drug-likeness (QED) is 0.625. The van der Waals surface area contributed by atoms with E-state index in [-0.39, 0.29) is 18.2 Å². The number of carbonyl (C=O) groups is 1. The maximum Gasteiger partial charge on any atom is 0.410 e. The maximum atomic E-state index is 12.6. The average molecular weight is 457 g/mol. The lowest BCUT2D eigenvalue weighted by atomic mass is 9.88. The van der Waals surface area contributed by atoms with E-state index in [2.05, 4.69) is 9.88 Å². The van der Waals surface area contributed by atoms with Gasteiger partial charge in [0.05, 0.1) is 23.2 Å². The van der Waals surface area contributed by atoms with Crippen LogP contribution in [0.5, 0.6) is 0 Å². The van der Waals surface area contributed by atoms with E-state index in [0.717, 1.165) is 17.0 Å². The Labute approximate surface area is 190 Å². The van der Waals surface area contributed by atoms with Crippen LogP contribution in [0.25, 0.3) is 21.7 Å². The molecule has 0 saturated carbocycles. The van der Waals surface area contributed by atoms with Crippen molar-refractivity contribution in [2.45, 2.75) is 64.3 Å². The number of aliphatic hydroxyl groups is 1. The second-order valence-electron chi connectivity index (χ2n) is 10.1. The summed E-state index contributed by atoms with van der Waals surface area (Å²) in [6.45, 7) is 10.4. The van der Waals surface area contributed by atoms with Gasteiger partial charge in [0.25, 0.3) is 6.01 Å². The van der Waals surface area contributed by atoms with Crippen LogP contribution >= 0.6 is 11.3 Å². The molecule has 0 spiro atoms. The van der Waals surface area contributed by atoms with E-state index in [4.69, 9.17) is 14.1 Å². The Kier molecular flexibility index (Phi) is 4.76. The number of benzene rings is 1. The van der Waals surface area contributed by atoms with Crippen molar-refractivity contribution in [3.05, 3.63) is 29.3 Å². The highest BCUT2D eigenvalue weighted by atomic mass is 32.1. The molecule has 170 valence electrons. The molecule has 0 radical (unpaired) electrons. The van der Waals surface area contributed by atoms with Gasteiger partial charge in [-0.05, 0) is 47.1 Å². The number of aromatic nitrogens is 2. The number of carbonyl (C=O) groups excluding carboxylic acids is 1. The molecular formula is C23H28N4O4S. The summed E-state index contributed by atoms with van der Waals surface area (Å²) in [4.78, 5) is 25.7. The standard InChI is InChI=1S/C23H28N4O4S/c1-22(2,3)31-21(28)27-13-10-14(27)12-26(11-13)20-25-17-16(23(4,5)29)7-6-15(18(17)30-20)19-24-8-9-32-19/h6-9,13-14,29H,10-12H2,1-5H3. The summed E-state index contributed by atoms with van der Waals surface area (Å²) in [6, 6.07) is 4.48. The number of anilines is 1. The highest BCUT2D eigenvalue weighted by molar-refractivity contribution is 7.13. The van der Waals surface area contributed by atoms with Gasteiger partial charge < -0.3 is 19.2 Å². The van der Waals surface area contributed by atoms with Gasteiger partial charge in [-0.25, -0.2) is 9.78 Å². The van der Waals surface area contributed by atoms with Crippen molar-refractivity contribution in [3.63, 3.8) is 0 Å². The number of piperidine rings is 1. The molecule has 2 atom stereocenters. The van der Waals surface area contributed by atoms with Crippen molar-refractivity contribution in [2.24, 2.45) is 0 Å². The van der Waals surface area contributed by atoms with Gasteiger partial charge in [-0.15, -0.1) is 11.3 Å². The number of nitrogens with zero attached hydrogens (tertiary/aromatic N) is 4. The zero-order chi connectivity index (χ0) is 22.8. The Bertz CT molecular complexity index is 1150. The van der Waals surface area contributed by atoms with Crippen LogP contribution in [0.1, 0.15) is 46.6 Å². The highest BCUT2D eigenvalue weighted by Crippen LogP contribution is 2.40. The van der Waals surface area contributed by atoms with E-state index < -0.39 is 11.2 Å². The smallest absolute Gasteiger partial charge is 0.410 e. The molecule has 2 unspecified atom stereocenters. The van der Waals surface area contributed by atoms with Crippen LogP contribution < -0.4 is 4.90 Å². The highest BCUT2D eigenvalue weighted by Gasteiger charge is 2.49. The molecule has 5 heterocycles. The average Bonchev–Trinajstić information content (AvgIpc) is 3.35. The fourth-order valence-electron chi connectivity index (χ4n) is 4.53. The van der Waals surface area contributed by atoms with Gasteiger partial charge in [0.2, 0.25) is 0 Å². The summed E-state index contributed by atoms with van der Waals surface area (Å²) >= 11 is 1.53. The number of fused-ring (bicyclic) bond motifs is 3.